The van der Waals surface area contributed by atoms with Crippen molar-refractivity contribution >= 4 is 11.8 Å². The SMILES string of the molecule is CCCOc1c(C)ccc(C)c1C(=O)CCCC(=O)O. The third-order valence-electron chi connectivity index (χ3n) is 3.09. The topological polar surface area (TPSA) is 63.6 Å². The Labute approximate surface area is 119 Å². The molecule has 0 saturated carbocycles. The van der Waals surface area contributed by atoms with Crippen LogP contribution in [0.5, 0.6) is 5.75 Å². The molecule has 0 unspecified atom stereocenters. The van der Waals surface area contributed by atoms with Crippen molar-refractivity contribution in [2.75, 3.05) is 6.61 Å². The van der Waals surface area contributed by atoms with E-state index in [0.29, 0.717) is 24.3 Å². The van der Waals surface area contributed by atoms with E-state index in [1.165, 1.54) is 0 Å². The lowest BCUT2D eigenvalue weighted by molar-refractivity contribution is -0.137. The molecule has 0 heterocycles. The number of benzene rings is 1. The molecule has 4 heteroatoms. The van der Waals surface area contributed by atoms with Gasteiger partial charge in [-0.25, -0.2) is 0 Å². The van der Waals surface area contributed by atoms with Crippen molar-refractivity contribution in [1.82, 2.24) is 0 Å². The minimum atomic E-state index is -0.874. The molecule has 20 heavy (non-hydrogen) atoms. The molecule has 0 aliphatic rings. The van der Waals surface area contributed by atoms with E-state index in [9.17, 15) is 9.59 Å². The zero-order valence-electron chi connectivity index (χ0n) is 12.4. The predicted octanol–water partition coefficient (Wildman–Crippen LogP) is 3.53. The van der Waals surface area contributed by atoms with Crippen LogP contribution in [0.1, 0.15) is 54.1 Å². The number of carbonyl (C=O) groups excluding carboxylic acids is 1. The summed E-state index contributed by atoms with van der Waals surface area (Å²) >= 11 is 0. The average Bonchev–Trinajstić information content (AvgIpc) is 2.39. The molecule has 0 atom stereocenters. The molecular formula is C16H22O4. The van der Waals surface area contributed by atoms with Crippen LogP contribution in [0.4, 0.5) is 0 Å². The van der Waals surface area contributed by atoms with Crippen molar-refractivity contribution in [3.63, 3.8) is 0 Å². The number of hydrogen-bond donors (Lipinski definition) is 1. The molecule has 0 spiro atoms. The number of hydrogen-bond acceptors (Lipinski definition) is 3. The van der Waals surface area contributed by atoms with Crippen LogP contribution in [0.15, 0.2) is 12.1 Å². The zero-order chi connectivity index (χ0) is 15.1. The second kappa shape index (κ2) is 7.68. The number of ether oxygens (including phenoxy) is 1. The van der Waals surface area contributed by atoms with Gasteiger partial charge in [-0.1, -0.05) is 19.1 Å². The van der Waals surface area contributed by atoms with Crippen molar-refractivity contribution < 1.29 is 19.4 Å². The maximum Gasteiger partial charge on any atom is 0.303 e. The second-order valence-corrected chi connectivity index (χ2v) is 4.92. The van der Waals surface area contributed by atoms with Crippen LogP contribution in [-0.4, -0.2) is 23.5 Å². The highest BCUT2D eigenvalue weighted by atomic mass is 16.5. The first-order valence-electron chi connectivity index (χ1n) is 6.95. The lowest BCUT2D eigenvalue weighted by Crippen LogP contribution is -2.09. The van der Waals surface area contributed by atoms with Gasteiger partial charge in [0.1, 0.15) is 5.75 Å². The molecule has 110 valence electrons. The Morgan fingerprint density at radius 1 is 1.15 bits per heavy atom. The van der Waals surface area contributed by atoms with Gasteiger partial charge in [-0.15, -0.1) is 0 Å². The number of ketones is 1. The summed E-state index contributed by atoms with van der Waals surface area (Å²) < 4.78 is 5.71. The fraction of sp³-hybridized carbons (Fsp3) is 0.500. The largest absolute Gasteiger partial charge is 0.493 e. The molecule has 4 nitrogen and oxygen atoms in total. The highest BCUT2D eigenvalue weighted by molar-refractivity contribution is 6.00. The van der Waals surface area contributed by atoms with Gasteiger partial charge in [-0.05, 0) is 37.8 Å². The van der Waals surface area contributed by atoms with Crippen molar-refractivity contribution in [1.29, 1.82) is 0 Å². The molecule has 0 saturated heterocycles. The summed E-state index contributed by atoms with van der Waals surface area (Å²) in [6.07, 6.45) is 1.48. The van der Waals surface area contributed by atoms with Gasteiger partial charge in [-0.3, -0.25) is 9.59 Å². The molecule has 0 radical (unpaired) electrons. The molecule has 0 aliphatic carbocycles. The van der Waals surface area contributed by atoms with Gasteiger partial charge in [0, 0.05) is 12.8 Å². The van der Waals surface area contributed by atoms with Crippen LogP contribution in [0.3, 0.4) is 0 Å². The Morgan fingerprint density at radius 3 is 2.40 bits per heavy atom. The van der Waals surface area contributed by atoms with Gasteiger partial charge in [0.05, 0.1) is 12.2 Å². The number of carboxylic acid groups (broad SMARTS) is 1. The normalized spacial score (nSPS) is 10.3. The van der Waals surface area contributed by atoms with Crippen molar-refractivity contribution in [3.8, 4) is 5.75 Å². The highest BCUT2D eigenvalue weighted by Gasteiger charge is 2.17. The summed E-state index contributed by atoms with van der Waals surface area (Å²) in [4.78, 5) is 22.8. The number of Topliss-reactive ketones (excluding diaryl/α,β-unsaturated/α-hetero) is 1. The average molecular weight is 278 g/mol. The van der Waals surface area contributed by atoms with E-state index < -0.39 is 5.97 Å². The first-order valence-corrected chi connectivity index (χ1v) is 6.95. The Balaban J connectivity index is 2.93. The summed E-state index contributed by atoms with van der Waals surface area (Å²) in [5.74, 6) is -0.271. The second-order valence-electron chi connectivity index (χ2n) is 4.92. The summed E-state index contributed by atoms with van der Waals surface area (Å²) in [6, 6.07) is 3.84. The van der Waals surface area contributed by atoms with Gasteiger partial charge in [0.2, 0.25) is 0 Å². The minimum absolute atomic E-state index is 0.0156. The van der Waals surface area contributed by atoms with Crippen molar-refractivity contribution in [2.24, 2.45) is 0 Å². The number of aryl methyl sites for hydroxylation is 2. The first kappa shape index (κ1) is 16.2. The Hall–Kier alpha value is -1.84. The van der Waals surface area contributed by atoms with Crippen LogP contribution in [-0.2, 0) is 4.79 Å². The van der Waals surface area contributed by atoms with Gasteiger partial charge in [0.15, 0.2) is 5.78 Å². The van der Waals surface area contributed by atoms with E-state index in [0.717, 1.165) is 17.5 Å². The monoisotopic (exact) mass is 278 g/mol. The van der Waals surface area contributed by atoms with E-state index in [1.54, 1.807) is 0 Å². The zero-order valence-corrected chi connectivity index (χ0v) is 12.4. The molecule has 0 bridgehead atoms. The molecule has 1 aromatic rings. The molecule has 0 aromatic heterocycles. The molecule has 0 amide bonds. The summed E-state index contributed by atoms with van der Waals surface area (Å²) in [5.41, 5.74) is 2.41. The predicted molar refractivity (Wildman–Crippen MR) is 77.5 cm³/mol. The maximum absolute atomic E-state index is 12.3. The summed E-state index contributed by atoms with van der Waals surface area (Å²) in [5, 5.41) is 8.63. The lowest BCUT2D eigenvalue weighted by Gasteiger charge is -2.15. The smallest absolute Gasteiger partial charge is 0.303 e. The van der Waals surface area contributed by atoms with E-state index in [-0.39, 0.29) is 18.6 Å². The Kier molecular flexibility index (Phi) is 6.22. The van der Waals surface area contributed by atoms with Gasteiger partial charge < -0.3 is 9.84 Å². The van der Waals surface area contributed by atoms with Crippen molar-refractivity contribution in [2.45, 2.75) is 46.5 Å². The molecular weight excluding hydrogens is 256 g/mol. The van der Waals surface area contributed by atoms with Crippen LogP contribution >= 0.6 is 0 Å². The van der Waals surface area contributed by atoms with Crippen molar-refractivity contribution in [3.05, 3.63) is 28.8 Å². The fourth-order valence-electron chi connectivity index (χ4n) is 2.05. The fourth-order valence-corrected chi connectivity index (χ4v) is 2.05. The summed E-state index contributed by atoms with van der Waals surface area (Å²) in [6.45, 7) is 6.38. The van der Waals surface area contributed by atoms with Crippen LogP contribution < -0.4 is 4.74 Å². The van der Waals surface area contributed by atoms with Crippen LogP contribution in [0, 0.1) is 13.8 Å². The number of rotatable bonds is 8. The van der Waals surface area contributed by atoms with E-state index in [4.69, 9.17) is 9.84 Å². The number of aliphatic carboxylic acids is 1. The third kappa shape index (κ3) is 4.37. The highest BCUT2D eigenvalue weighted by Crippen LogP contribution is 2.28. The lowest BCUT2D eigenvalue weighted by atomic mass is 9.97. The van der Waals surface area contributed by atoms with Gasteiger partial charge in [-0.2, -0.15) is 0 Å². The molecule has 1 rings (SSSR count). The first-order chi connectivity index (χ1) is 9.47. The van der Waals surface area contributed by atoms with Gasteiger partial charge >= 0.3 is 5.97 Å². The minimum Gasteiger partial charge on any atom is -0.493 e. The molecule has 0 fully saturated rings. The standard InChI is InChI=1S/C16H22O4/c1-4-10-20-16-12(3)9-8-11(2)15(16)13(17)6-5-7-14(18)19/h8-9H,4-7,10H2,1-3H3,(H,18,19). The van der Waals surface area contributed by atoms with Crippen LogP contribution in [0.2, 0.25) is 0 Å². The van der Waals surface area contributed by atoms with E-state index in [1.807, 2.05) is 32.9 Å². The Bertz CT molecular complexity index is 491. The molecule has 1 aromatic carbocycles. The number of carbonyl (C=O) groups is 2. The summed E-state index contributed by atoms with van der Waals surface area (Å²) in [7, 11) is 0. The molecule has 0 aliphatic heterocycles. The van der Waals surface area contributed by atoms with Crippen LogP contribution in [0.25, 0.3) is 0 Å². The van der Waals surface area contributed by atoms with E-state index in [2.05, 4.69) is 0 Å². The Morgan fingerprint density at radius 2 is 1.80 bits per heavy atom. The maximum atomic E-state index is 12.3. The third-order valence-corrected chi connectivity index (χ3v) is 3.09. The molecule has 1 N–H and O–H groups in total. The number of carboxylic acids is 1. The van der Waals surface area contributed by atoms with E-state index >= 15 is 0 Å². The van der Waals surface area contributed by atoms with Gasteiger partial charge in [0.25, 0.3) is 0 Å². The quantitative estimate of drug-likeness (QED) is 0.739.